The normalized spacial score (nSPS) is 13.4. The van der Waals surface area contributed by atoms with Gasteiger partial charge in [0.1, 0.15) is 0 Å². The fraction of sp³-hybridized carbons (Fsp3) is 0.867. The Hall–Kier alpha value is -0.760. The molecule has 0 aromatic rings. The number of nitrogens with two attached hydrogens (primary N) is 1. The molecule has 0 aromatic heterocycles. The first kappa shape index (κ1) is 24.5. The largest absolute Gasteiger partial charge is 0.370 e. The second-order valence-electron chi connectivity index (χ2n) is 5.73. The molecule has 2 atom stereocenters. The summed E-state index contributed by atoms with van der Waals surface area (Å²) >= 11 is 0. The Morgan fingerprint density at radius 1 is 1.00 bits per heavy atom. The molecule has 0 bridgehead atoms. The topological polar surface area (TPSA) is 106 Å². The highest BCUT2D eigenvalue weighted by Crippen LogP contribution is 2.20. The second-order valence-corrected chi connectivity index (χ2v) is 9.12. The molecule has 23 heavy (non-hydrogen) atoms. The minimum atomic E-state index is -0.982. The van der Waals surface area contributed by atoms with Crippen LogP contribution in [0.5, 0.6) is 0 Å². The highest BCUT2D eigenvalue weighted by Gasteiger charge is 2.26. The first-order valence-electron chi connectivity index (χ1n) is 7.81. The van der Waals surface area contributed by atoms with Gasteiger partial charge in [-0.15, -0.1) is 0 Å². The standard InChI is InChI=1S/C12H25NO3S2.C3H7NO/c1-5-7-17(15)9-10-18(16)8-6-12(2,3)11(14)13-4;1-2-3(4)5/h5-10H2,1-4H3,(H,13,14);2H2,1H3,(H2,4,5). The zero-order valence-corrected chi connectivity index (χ0v) is 16.6. The van der Waals surface area contributed by atoms with E-state index < -0.39 is 27.0 Å². The van der Waals surface area contributed by atoms with Gasteiger partial charge in [-0.25, -0.2) is 0 Å². The van der Waals surface area contributed by atoms with Gasteiger partial charge < -0.3 is 11.1 Å². The molecule has 2 unspecified atom stereocenters. The highest BCUT2D eigenvalue weighted by atomic mass is 32.2. The van der Waals surface area contributed by atoms with Gasteiger partial charge in [-0.1, -0.05) is 27.7 Å². The van der Waals surface area contributed by atoms with Crippen molar-refractivity contribution in [2.24, 2.45) is 11.1 Å². The summed E-state index contributed by atoms with van der Waals surface area (Å²) in [4.78, 5) is 21.1. The van der Waals surface area contributed by atoms with Gasteiger partial charge >= 0.3 is 0 Å². The highest BCUT2D eigenvalue weighted by molar-refractivity contribution is 7.88. The van der Waals surface area contributed by atoms with Crippen molar-refractivity contribution in [3.05, 3.63) is 0 Å². The number of carbonyl (C=O) groups is 2. The van der Waals surface area contributed by atoms with Crippen molar-refractivity contribution in [1.82, 2.24) is 5.32 Å². The van der Waals surface area contributed by atoms with Crippen LogP contribution in [-0.2, 0) is 31.2 Å². The van der Waals surface area contributed by atoms with E-state index in [0.29, 0.717) is 35.9 Å². The van der Waals surface area contributed by atoms with Crippen LogP contribution in [0.2, 0.25) is 0 Å². The summed E-state index contributed by atoms with van der Waals surface area (Å²) in [6.45, 7) is 7.40. The van der Waals surface area contributed by atoms with E-state index in [1.54, 1.807) is 14.0 Å². The number of hydrogen-bond acceptors (Lipinski definition) is 4. The van der Waals surface area contributed by atoms with E-state index in [1.807, 2.05) is 20.8 Å². The minimum absolute atomic E-state index is 0.0333. The minimum Gasteiger partial charge on any atom is -0.370 e. The van der Waals surface area contributed by atoms with Crippen LogP contribution in [-0.4, -0.2) is 50.3 Å². The van der Waals surface area contributed by atoms with E-state index in [4.69, 9.17) is 0 Å². The summed E-state index contributed by atoms with van der Waals surface area (Å²) in [6.07, 6.45) is 1.92. The number of rotatable bonds is 10. The SMILES string of the molecule is CCC(N)=O.CCCS(=O)CCS(=O)CCC(C)(C)C(=O)NC. The molecule has 0 aliphatic heterocycles. The molecule has 0 fully saturated rings. The molecule has 0 aromatic carbocycles. The number of amides is 2. The van der Waals surface area contributed by atoms with Gasteiger partial charge in [0.15, 0.2) is 0 Å². The van der Waals surface area contributed by atoms with Crippen molar-refractivity contribution >= 4 is 33.4 Å². The summed E-state index contributed by atoms with van der Waals surface area (Å²) in [6, 6.07) is 0. The van der Waals surface area contributed by atoms with Crippen LogP contribution < -0.4 is 11.1 Å². The van der Waals surface area contributed by atoms with Gasteiger partial charge in [0.2, 0.25) is 11.8 Å². The Labute approximate surface area is 145 Å². The lowest BCUT2D eigenvalue weighted by atomic mass is 9.89. The van der Waals surface area contributed by atoms with Crippen LogP contribution in [0, 0.1) is 5.41 Å². The van der Waals surface area contributed by atoms with E-state index in [1.165, 1.54) is 0 Å². The summed E-state index contributed by atoms with van der Waals surface area (Å²) < 4.78 is 23.2. The molecule has 2 amide bonds. The third-order valence-corrected chi connectivity index (χ3v) is 6.22. The molecular formula is C15H32N2O4S2. The van der Waals surface area contributed by atoms with Crippen molar-refractivity contribution in [2.75, 3.05) is 30.1 Å². The fourth-order valence-corrected chi connectivity index (χ4v) is 4.53. The lowest BCUT2D eigenvalue weighted by Gasteiger charge is -2.21. The average molecular weight is 369 g/mol. The van der Waals surface area contributed by atoms with Gasteiger partial charge in [-0.2, -0.15) is 0 Å². The summed E-state index contributed by atoms with van der Waals surface area (Å²) in [7, 11) is -0.224. The molecule has 6 nitrogen and oxygen atoms in total. The molecule has 0 rings (SSSR count). The lowest BCUT2D eigenvalue weighted by Crippen LogP contribution is -2.35. The fourth-order valence-electron chi connectivity index (χ4n) is 1.44. The lowest BCUT2D eigenvalue weighted by molar-refractivity contribution is -0.128. The summed E-state index contributed by atoms with van der Waals surface area (Å²) in [5.74, 6) is 1.86. The molecule has 8 heteroatoms. The van der Waals surface area contributed by atoms with Crippen LogP contribution in [0.3, 0.4) is 0 Å². The predicted octanol–water partition coefficient (Wildman–Crippen LogP) is 0.938. The Kier molecular flexibility index (Phi) is 14.5. The third kappa shape index (κ3) is 14.6. The van der Waals surface area contributed by atoms with Crippen molar-refractivity contribution < 1.29 is 18.0 Å². The van der Waals surface area contributed by atoms with Gasteiger partial charge in [-0.05, 0) is 12.8 Å². The van der Waals surface area contributed by atoms with Crippen LogP contribution in [0.4, 0.5) is 0 Å². The first-order chi connectivity index (χ1) is 10.6. The molecular weight excluding hydrogens is 336 g/mol. The summed E-state index contributed by atoms with van der Waals surface area (Å²) in [5.41, 5.74) is 4.16. The van der Waals surface area contributed by atoms with E-state index >= 15 is 0 Å². The first-order valence-corrected chi connectivity index (χ1v) is 10.8. The van der Waals surface area contributed by atoms with Crippen molar-refractivity contribution in [1.29, 1.82) is 0 Å². The Balaban J connectivity index is 0. The van der Waals surface area contributed by atoms with Crippen LogP contribution in [0.15, 0.2) is 0 Å². The number of nitrogens with one attached hydrogen (secondary N) is 1. The molecule has 0 saturated heterocycles. The van der Waals surface area contributed by atoms with Crippen LogP contribution in [0.1, 0.15) is 47.0 Å². The smallest absolute Gasteiger partial charge is 0.225 e. The average Bonchev–Trinajstić information content (AvgIpc) is 2.50. The zero-order chi connectivity index (χ0) is 18.5. The molecule has 0 heterocycles. The maximum absolute atomic E-state index is 11.8. The Bertz CT molecular complexity index is 412. The summed E-state index contributed by atoms with van der Waals surface area (Å²) in [5, 5.41) is 2.61. The van der Waals surface area contributed by atoms with E-state index in [2.05, 4.69) is 11.1 Å². The molecule has 138 valence electrons. The molecule has 0 radical (unpaired) electrons. The molecule has 0 saturated carbocycles. The van der Waals surface area contributed by atoms with Gasteiger partial charge in [-0.3, -0.25) is 18.0 Å². The number of primary amides is 1. The van der Waals surface area contributed by atoms with E-state index in [9.17, 15) is 18.0 Å². The number of carbonyl (C=O) groups excluding carboxylic acids is 2. The molecule has 0 aliphatic carbocycles. The van der Waals surface area contributed by atoms with Crippen LogP contribution in [0.25, 0.3) is 0 Å². The van der Waals surface area contributed by atoms with Crippen molar-refractivity contribution in [3.8, 4) is 0 Å². The molecule has 3 N–H and O–H groups in total. The maximum Gasteiger partial charge on any atom is 0.225 e. The van der Waals surface area contributed by atoms with Crippen LogP contribution >= 0.6 is 0 Å². The van der Waals surface area contributed by atoms with E-state index in [-0.39, 0.29) is 11.8 Å². The predicted molar refractivity (Wildman–Crippen MR) is 98.0 cm³/mol. The molecule has 0 aliphatic rings. The van der Waals surface area contributed by atoms with Gasteiger partial charge in [0, 0.05) is 63.5 Å². The van der Waals surface area contributed by atoms with Crippen molar-refractivity contribution in [2.45, 2.75) is 47.0 Å². The van der Waals surface area contributed by atoms with Crippen molar-refractivity contribution in [3.63, 3.8) is 0 Å². The third-order valence-electron chi connectivity index (χ3n) is 3.12. The maximum atomic E-state index is 11.8. The Morgan fingerprint density at radius 3 is 1.78 bits per heavy atom. The Morgan fingerprint density at radius 2 is 1.43 bits per heavy atom. The van der Waals surface area contributed by atoms with E-state index in [0.717, 1.165) is 6.42 Å². The number of hydrogen-bond donors (Lipinski definition) is 2. The second kappa shape index (κ2) is 13.7. The monoisotopic (exact) mass is 368 g/mol. The van der Waals surface area contributed by atoms with Gasteiger partial charge in [0.25, 0.3) is 0 Å². The quantitative estimate of drug-likeness (QED) is 0.598. The molecule has 0 spiro atoms. The zero-order valence-electron chi connectivity index (χ0n) is 15.0. The van der Waals surface area contributed by atoms with Gasteiger partial charge in [0.05, 0.1) is 0 Å².